The first-order valence-corrected chi connectivity index (χ1v) is 9.35. The summed E-state index contributed by atoms with van der Waals surface area (Å²) in [5.74, 6) is -0.265. The first-order chi connectivity index (χ1) is 13.5. The lowest BCUT2D eigenvalue weighted by Crippen LogP contribution is -2.46. The van der Waals surface area contributed by atoms with Crippen molar-refractivity contribution in [3.05, 3.63) is 64.7 Å². The van der Waals surface area contributed by atoms with Crippen LogP contribution >= 0.6 is 11.6 Å². The zero-order valence-corrected chi connectivity index (χ0v) is 15.7. The minimum absolute atomic E-state index is 0.357. The van der Waals surface area contributed by atoms with E-state index in [4.69, 9.17) is 11.6 Å². The standard InChI is InChI=1S/C20H18ClF3N4/c21-16-11-14(22)6-5-13(16)12-27-7-9-28(10-8-27)20-15-3-1-2-4-17(15)25-19(26-20)18(23)24/h1-6,11,18H,7-10,12H2. The summed E-state index contributed by atoms with van der Waals surface area (Å²) in [6.45, 7) is 3.33. The molecular weight excluding hydrogens is 389 g/mol. The van der Waals surface area contributed by atoms with Crippen molar-refractivity contribution in [3.8, 4) is 0 Å². The van der Waals surface area contributed by atoms with Crippen LogP contribution in [0.1, 0.15) is 17.8 Å². The van der Waals surface area contributed by atoms with Gasteiger partial charge in [-0.1, -0.05) is 29.8 Å². The summed E-state index contributed by atoms with van der Waals surface area (Å²) in [5, 5.41) is 1.17. The molecule has 146 valence electrons. The molecule has 1 fully saturated rings. The Morgan fingerprint density at radius 2 is 1.75 bits per heavy atom. The largest absolute Gasteiger partial charge is 0.353 e. The summed E-state index contributed by atoms with van der Waals surface area (Å²) in [5.41, 5.74) is 1.38. The van der Waals surface area contributed by atoms with E-state index in [1.54, 1.807) is 18.2 Å². The van der Waals surface area contributed by atoms with E-state index >= 15 is 0 Å². The normalized spacial score (nSPS) is 15.5. The Morgan fingerprint density at radius 3 is 2.46 bits per heavy atom. The Hall–Kier alpha value is -2.38. The maximum atomic E-state index is 13.2. The van der Waals surface area contributed by atoms with Crippen LogP contribution in [0.4, 0.5) is 19.0 Å². The van der Waals surface area contributed by atoms with Crippen LogP contribution in [0.2, 0.25) is 5.02 Å². The van der Waals surface area contributed by atoms with Crippen LogP contribution in [-0.4, -0.2) is 41.0 Å². The first kappa shape index (κ1) is 19.0. The van der Waals surface area contributed by atoms with Gasteiger partial charge in [-0.05, 0) is 29.8 Å². The number of nitrogens with zero attached hydrogens (tertiary/aromatic N) is 4. The third-order valence-corrected chi connectivity index (χ3v) is 5.23. The van der Waals surface area contributed by atoms with Gasteiger partial charge in [-0.15, -0.1) is 0 Å². The molecule has 2 aromatic carbocycles. The highest BCUT2D eigenvalue weighted by molar-refractivity contribution is 6.31. The summed E-state index contributed by atoms with van der Waals surface area (Å²) in [6, 6.07) is 11.6. The highest BCUT2D eigenvalue weighted by Crippen LogP contribution is 2.28. The topological polar surface area (TPSA) is 32.3 Å². The number of rotatable bonds is 4. The van der Waals surface area contributed by atoms with E-state index in [0.717, 1.165) is 24.0 Å². The highest BCUT2D eigenvalue weighted by Gasteiger charge is 2.23. The molecule has 0 radical (unpaired) electrons. The second-order valence-corrected chi connectivity index (χ2v) is 7.13. The van der Waals surface area contributed by atoms with Crippen LogP contribution in [0.3, 0.4) is 0 Å². The van der Waals surface area contributed by atoms with Gasteiger partial charge in [0.05, 0.1) is 5.52 Å². The molecule has 4 rings (SSSR count). The Morgan fingerprint density at radius 1 is 1.00 bits per heavy atom. The molecule has 0 atom stereocenters. The van der Waals surface area contributed by atoms with Crippen LogP contribution in [0.5, 0.6) is 0 Å². The number of piperazine rings is 1. The molecule has 0 spiro atoms. The highest BCUT2D eigenvalue weighted by atomic mass is 35.5. The Kier molecular flexibility index (Phi) is 5.37. The molecule has 8 heteroatoms. The molecule has 0 aliphatic carbocycles. The van der Waals surface area contributed by atoms with Crippen LogP contribution < -0.4 is 4.90 Å². The molecular formula is C20H18ClF3N4. The van der Waals surface area contributed by atoms with E-state index in [1.165, 1.54) is 12.1 Å². The SMILES string of the molecule is Fc1ccc(CN2CCN(c3nc(C(F)F)nc4ccccc34)CC2)c(Cl)c1. The fourth-order valence-corrected chi connectivity index (χ4v) is 3.65. The Labute approximate surface area is 165 Å². The van der Waals surface area contributed by atoms with Crippen LogP contribution in [0.15, 0.2) is 42.5 Å². The molecule has 0 amide bonds. The molecule has 4 nitrogen and oxygen atoms in total. The van der Waals surface area contributed by atoms with Crippen molar-refractivity contribution >= 4 is 28.3 Å². The summed E-state index contributed by atoms with van der Waals surface area (Å²) >= 11 is 6.12. The average molecular weight is 407 g/mol. The van der Waals surface area contributed by atoms with Crippen LogP contribution in [0, 0.1) is 5.82 Å². The molecule has 3 aromatic rings. The van der Waals surface area contributed by atoms with Crippen molar-refractivity contribution in [2.24, 2.45) is 0 Å². The van der Waals surface area contributed by atoms with Crippen LogP contribution in [-0.2, 0) is 6.54 Å². The molecule has 28 heavy (non-hydrogen) atoms. The fourth-order valence-electron chi connectivity index (χ4n) is 3.42. The van der Waals surface area contributed by atoms with Crippen molar-refractivity contribution in [1.29, 1.82) is 0 Å². The summed E-state index contributed by atoms with van der Waals surface area (Å²) < 4.78 is 39.7. The molecule has 0 unspecified atom stereocenters. The lowest BCUT2D eigenvalue weighted by atomic mass is 10.1. The second kappa shape index (κ2) is 7.93. The number of benzene rings is 2. The Bertz CT molecular complexity index is 990. The minimum Gasteiger partial charge on any atom is -0.353 e. The minimum atomic E-state index is -2.72. The summed E-state index contributed by atoms with van der Waals surface area (Å²) in [6.07, 6.45) is -2.72. The lowest BCUT2D eigenvalue weighted by molar-refractivity contribution is 0.141. The molecule has 1 aromatic heterocycles. The van der Waals surface area contributed by atoms with E-state index in [9.17, 15) is 13.2 Å². The average Bonchev–Trinajstić information content (AvgIpc) is 2.70. The zero-order chi connectivity index (χ0) is 19.7. The van der Waals surface area contributed by atoms with Gasteiger partial charge >= 0.3 is 0 Å². The zero-order valence-electron chi connectivity index (χ0n) is 15.0. The van der Waals surface area contributed by atoms with E-state index < -0.39 is 12.2 Å². The number of halogens is 4. The maximum Gasteiger partial charge on any atom is 0.297 e. The van der Waals surface area contributed by atoms with E-state index in [0.29, 0.717) is 36.0 Å². The quantitative estimate of drug-likeness (QED) is 0.629. The molecule has 0 N–H and O–H groups in total. The van der Waals surface area contributed by atoms with Gasteiger partial charge in [0.1, 0.15) is 11.6 Å². The van der Waals surface area contributed by atoms with Crippen LogP contribution in [0.25, 0.3) is 10.9 Å². The first-order valence-electron chi connectivity index (χ1n) is 8.97. The number of hydrogen-bond donors (Lipinski definition) is 0. The number of hydrogen-bond acceptors (Lipinski definition) is 4. The van der Waals surface area contributed by atoms with Gasteiger partial charge in [0.25, 0.3) is 6.43 Å². The predicted octanol–water partition coefficient (Wildman–Crippen LogP) is 4.68. The van der Waals surface area contributed by atoms with Gasteiger partial charge in [0, 0.05) is 43.1 Å². The molecule has 2 heterocycles. The van der Waals surface area contributed by atoms with Gasteiger partial charge < -0.3 is 4.90 Å². The number of aromatic nitrogens is 2. The van der Waals surface area contributed by atoms with Crippen molar-refractivity contribution in [3.63, 3.8) is 0 Å². The monoisotopic (exact) mass is 406 g/mol. The van der Waals surface area contributed by atoms with Gasteiger partial charge in [0.15, 0.2) is 5.82 Å². The molecule has 0 bridgehead atoms. The molecule has 0 saturated carbocycles. The van der Waals surface area contributed by atoms with Crippen molar-refractivity contribution in [1.82, 2.24) is 14.9 Å². The Balaban J connectivity index is 1.52. The van der Waals surface area contributed by atoms with E-state index in [2.05, 4.69) is 14.9 Å². The second-order valence-electron chi connectivity index (χ2n) is 6.72. The van der Waals surface area contributed by atoms with Crippen molar-refractivity contribution in [2.75, 3.05) is 31.1 Å². The van der Waals surface area contributed by atoms with Gasteiger partial charge in [0.2, 0.25) is 0 Å². The number of alkyl halides is 2. The smallest absolute Gasteiger partial charge is 0.297 e. The summed E-state index contributed by atoms with van der Waals surface area (Å²) in [7, 11) is 0. The maximum absolute atomic E-state index is 13.2. The van der Waals surface area contributed by atoms with Gasteiger partial charge in [-0.2, -0.15) is 0 Å². The number of fused-ring (bicyclic) bond motifs is 1. The fraction of sp³-hybridized carbons (Fsp3) is 0.300. The van der Waals surface area contributed by atoms with Crippen molar-refractivity contribution in [2.45, 2.75) is 13.0 Å². The molecule has 1 aliphatic rings. The number of anilines is 1. The third kappa shape index (κ3) is 3.91. The van der Waals surface area contributed by atoms with E-state index in [-0.39, 0.29) is 5.82 Å². The van der Waals surface area contributed by atoms with E-state index in [1.807, 2.05) is 17.0 Å². The van der Waals surface area contributed by atoms with Gasteiger partial charge in [-0.3, -0.25) is 4.90 Å². The lowest BCUT2D eigenvalue weighted by Gasteiger charge is -2.36. The third-order valence-electron chi connectivity index (χ3n) is 4.88. The van der Waals surface area contributed by atoms with Gasteiger partial charge in [-0.25, -0.2) is 23.1 Å². The summed E-state index contributed by atoms with van der Waals surface area (Å²) in [4.78, 5) is 12.3. The molecule has 1 saturated heterocycles. The number of para-hydroxylation sites is 1. The predicted molar refractivity (Wildman–Crippen MR) is 103 cm³/mol. The molecule has 1 aliphatic heterocycles. The van der Waals surface area contributed by atoms with Crippen molar-refractivity contribution < 1.29 is 13.2 Å².